The van der Waals surface area contributed by atoms with Crippen LogP contribution < -0.4 is 43.4 Å². The Morgan fingerprint density at radius 1 is 0.694 bits per heavy atom. The van der Waals surface area contributed by atoms with Gasteiger partial charge in [-0.3, -0.25) is 33.6 Å². The summed E-state index contributed by atoms with van der Waals surface area (Å²) in [7, 11) is 0. The van der Waals surface area contributed by atoms with Gasteiger partial charge in [0.2, 0.25) is 35.4 Å². The highest BCUT2D eigenvalue weighted by Gasteiger charge is 2.36. The van der Waals surface area contributed by atoms with Crippen LogP contribution in [0.25, 0.3) is 10.9 Å². The highest BCUT2D eigenvalue weighted by atomic mass is 16.4. The summed E-state index contributed by atoms with van der Waals surface area (Å²) in [5, 5.41) is 45.2. The molecule has 0 fully saturated rings. The van der Waals surface area contributed by atoms with E-state index in [-0.39, 0.29) is 25.2 Å². The summed E-state index contributed by atoms with van der Waals surface area (Å²) >= 11 is 0. The van der Waals surface area contributed by atoms with Gasteiger partial charge < -0.3 is 63.7 Å². The lowest BCUT2D eigenvalue weighted by Gasteiger charge is -2.30. The number of amides is 6. The molecule has 0 unspecified atom stereocenters. The predicted octanol–water partition coefficient (Wildman–Crippen LogP) is -0.236. The fourth-order valence-corrected chi connectivity index (χ4v) is 6.59. The quantitative estimate of drug-likeness (QED) is 0.0517. The van der Waals surface area contributed by atoms with E-state index in [0.29, 0.717) is 31.4 Å². The van der Waals surface area contributed by atoms with Gasteiger partial charge in [-0.25, -0.2) is 4.79 Å². The van der Waals surface area contributed by atoms with Crippen LogP contribution in [0.4, 0.5) is 0 Å². The number of hydrogen-bond acceptors (Lipinski definition) is 11. The Morgan fingerprint density at radius 3 is 1.81 bits per heavy atom. The Hall–Kier alpha value is -5.60. The first-order valence-electron chi connectivity index (χ1n) is 21.1. The normalized spacial score (nSPS) is 15.8. The number of aromatic nitrogens is 1. The van der Waals surface area contributed by atoms with E-state index < -0.39 is 114 Å². The number of aromatic amines is 1. The summed E-state index contributed by atoms with van der Waals surface area (Å²) in [6.45, 7) is 11.9. The maximum atomic E-state index is 14.3. The average molecular weight is 874 g/mol. The number of H-pyrrole nitrogens is 1. The first-order valence-corrected chi connectivity index (χ1v) is 21.1. The molecule has 0 aliphatic rings. The van der Waals surface area contributed by atoms with Crippen LogP contribution in [-0.2, 0) is 44.8 Å². The van der Waals surface area contributed by atoms with E-state index in [1.807, 2.05) is 24.3 Å². The topological polar surface area (TPSA) is 337 Å². The molecule has 20 heteroatoms. The largest absolute Gasteiger partial charge is 0.481 e. The fraction of sp³-hybridized carbons (Fsp3) is 0.619. The molecular formula is C42H67N9O11. The van der Waals surface area contributed by atoms with Gasteiger partial charge in [-0.05, 0) is 68.5 Å². The third-order valence-electron chi connectivity index (χ3n) is 10.5. The van der Waals surface area contributed by atoms with E-state index >= 15 is 0 Å². The van der Waals surface area contributed by atoms with Crippen LogP contribution in [0.15, 0.2) is 30.5 Å². The number of carboxylic acid groups (broad SMARTS) is 2. The van der Waals surface area contributed by atoms with Gasteiger partial charge >= 0.3 is 11.9 Å². The number of nitrogens with two attached hydrogens (primary N) is 2. The Balaban J connectivity index is 2.47. The summed E-state index contributed by atoms with van der Waals surface area (Å²) < 4.78 is 0. The predicted molar refractivity (Wildman–Crippen MR) is 230 cm³/mol. The third-order valence-corrected chi connectivity index (χ3v) is 10.5. The van der Waals surface area contributed by atoms with Crippen LogP contribution in [-0.4, -0.2) is 123 Å². The summed E-state index contributed by atoms with van der Waals surface area (Å²) in [5.41, 5.74) is 12.7. The minimum Gasteiger partial charge on any atom is -0.481 e. The van der Waals surface area contributed by atoms with Crippen molar-refractivity contribution in [3.05, 3.63) is 36.0 Å². The van der Waals surface area contributed by atoms with E-state index in [1.165, 1.54) is 6.92 Å². The molecule has 346 valence electrons. The van der Waals surface area contributed by atoms with E-state index in [9.17, 15) is 53.7 Å². The second-order valence-electron chi connectivity index (χ2n) is 16.5. The summed E-state index contributed by atoms with van der Waals surface area (Å²) in [6, 6.07) is -2.19. The van der Waals surface area contributed by atoms with Gasteiger partial charge in [0, 0.05) is 23.5 Å². The first-order chi connectivity index (χ1) is 29.1. The molecule has 1 aromatic heterocycles. The maximum Gasteiger partial charge on any atom is 0.326 e. The monoisotopic (exact) mass is 873 g/mol. The molecule has 62 heavy (non-hydrogen) atoms. The zero-order valence-corrected chi connectivity index (χ0v) is 36.7. The van der Waals surface area contributed by atoms with Crippen molar-refractivity contribution in [2.24, 2.45) is 29.2 Å². The molecule has 0 saturated carbocycles. The number of carbonyl (C=O) groups excluding carboxylic acids is 6. The molecule has 14 N–H and O–H groups in total. The van der Waals surface area contributed by atoms with E-state index in [1.54, 1.807) is 47.7 Å². The molecule has 2 aromatic rings. The molecule has 1 heterocycles. The number of para-hydroxylation sites is 1. The second kappa shape index (κ2) is 25.4. The molecule has 2 rings (SSSR count). The van der Waals surface area contributed by atoms with Crippen LogP contribution >= 0.6 is 0 Å². The van der Waals surface area contributed by atoms with Gasteiger partial charge in [0.1, 0.15) is 42.3 Å². The number of fused-ring (bicyclic) bond motifs is 1. The minimum absolute atomic E-state index is 0.0614. The number of aliphatic carboxylic acids is 2. The number of nitrogens with one attached hydrogen (secondary N) is 7. The average Bonchev–Trinajstić information content (AvgIpc) is 3.61. The van der Waals surface area contributed by atoms with E-state index in [4.69, 9.17) is 11.5 Å². The zero-order valence-electron chi connectivity index (χ0n) is 36.7. The highest BCUT2D eigenvalue weighted by molar-refractivity contribution is 5.98. The molecule has 0 aliphatic carbocycles. The van der Waals surface area contributed by atoms with Gasteiger partial charge in [-0.2, -0.15) is 0 Å². The van der Waals surface area contributed by atoms with Crippen molar-refractivity contribution in [3.8, 4) is 0 Å². The SMILES string of the molecule is CC[C@H](C)[C@H](NC(=O)[C@H](CC(=O)O)NC(=O)[C@@H](N)[C@@H](C)O)C(=O)N[C@@H](CC(C)C)C(=O)N[C@@H](Cc1c[nH]c2ccccc12)C(=O)N[C@H](C(=O)N[C@@H](CCCCN)C(=O)O)C(C)C. The van der Waals surface area contributed by atoms with Gasteiger partial charge in [0.05, 0.1) is 12.5 Å². The molecule has 1 aromatic carbocycles. The number of rotatable bonds is 27. The Kier molecular flexibility index (Phi) is 21.5. The van der Waals surface area contributed by atoms with Crippen molar-refractivity contribution >= 4 is 58.3 Å². The van der Waals surface area contributed by atoms with Crippen molar-refractivity contribution < 1.29 is 53.7 Å². The zero-order chi connectivity index (χ0) is 46.8. The smallest absolute Gasteiger partial charge is 0.326 e. The molecular weight excluding hydrogens is 807 g/mol. The number of carbonyl (C=O) groups is 8. The number of aliphatic hydroxyl groups is 1. The van der Waals surface area contributed by atoms with Crippen molar-refractivity contribution in [2.45, 2.75) is 142 Å². The van der Waals surface area contributed by atoms with Crippen molar-refractivity contribution in [2.75, 3.05) is 6.54 Å². The van der Waals surface area contributed by atoms with E-state index in [2.05, 4.69) is 36.9 Å². The standard InChI is InChI=1S/C42H67N9O11/c1-8-23(6)35(51-38(57)31(19-32(53)54)48-39(58)33(44)24(7)52)41(60)49-29(17-21(2)3)36(55)47-30(18-25-20-45-27-14-10-9-13-26(25)27)37(56)50-34(22(4)5)40(59)46-28(42(61)62)15-11-12-16-43/h9-10,13-14,20-24,28-31,33-35,45,52H,8,11-12,15-19,43-44H2,1-7H3,(H,46,59)(H,47,55)(H,48,58)(H,49,60)(H,50,56)(H,51,57)(H,53,54)(H,61,62)/t23-,24+,28-,29-,30-,31-,33-,34-,35-/m0/s1. The van der Waals surface area contributed by atoms with Crippen LogP contribution in [0, 0.1) is 17.8 Å². The number of benzene rings is 1. The Bertz CT molecular complexity index is 1850. The minimum atomic E-state index is -1.68. The number of unbranched alkanes of at least 4 members (excludes halogenated alkanes) is 1. The van der Waals surface area contributed by atoms with Crippen molar-refractivity contribution in [1.82, 2.24) is 36.9 Å². The molecule has 0 saturated heterocycles. The Labute approximate surface area is 361 Å². The van der Waals surface area contributed by atoms with Crippen LogP contribution in [0.1, 0.15) is 92.6 Å². The van der Waals surface area contributed by atoms with E-state index in [0.717, 1.165) is 10.9 Å². The maximum absolute atomic E-state index is 14.3. The molecule has 0 bridgehead atoms. The molecule has 0 spiro atoms. The molecule has 20 nitrogen and oxygen atoms in total. The van der Waals surface area contributed by atoms with Crippen LogP contribution in [0.5, 0.6) is 0 Å². The summed E-state index contributed by atoms with van der Waals surface area (Å²) in [5.74, 6) is -9.01. The first kappa shape index (κ1) is 52.5. The highest BCUT2D eigenvalue weighted by Crippen LogP contribution is 2.20. The van der Waals surface area contributed by atoms with Crippen molar-refractivity contribution in [1.29, 1.82) is 0 Å². The lowest BCUT2D eigenvalue weighted by atomic mass is 9.96. The lowest BCUT2D eigenvalue weighted by Crippen LogP contribution is -2.61. The molecule has 0 radical (unpaired) electrons. The van der Waals surface area contributed by atoms with Gasteiger partial charge in [0.25, 0.3) is 0 Å². The Morgan fingerprint density at radius 2 is 1.24 bits per heavy atom. The number of carboxylic acids is 2. The van der Waals surface area contributed by atoms with Crippen LogP contribution in [0.2, 0.25) is 0 Å². The van der Waals surface area contributed by atoms with Crippen LogP contribution in [0.3, 0.4) is 0 Å². The second-order valence-corrected chi connectivity index (χ2v) is 16.5. The number of aliphatic hydroxyl groups excluding tert-OH is 1. The molecule has 9 atom stereocenters. The fourth-order valence-electron chi connectivity index (χ4n) is 6.59. The molecule has 6 amide bonds. The van der Waals surface area contributed by atoms with Gasteiger partial charge in [-0.15, -0.1) is 0 Å². The number of hydrogen-bond donors (Lipinski definition) is 12. The third kappa shape index (κ3) is 16.4. The lowest BCUT2D eigenvalue weighted by molar-refractivity contribution is -0.143. The van der Waals surface area contributed by atoms with Gasteiger partial charge in [-0.1, -0.05) is 66.2 Å². The van der Waals surface area contributed by atoms with Gasteiger partial charge in [0.15, 0.2) is 0 Å². The molecule has 0 aliphatic heterocycles. The van der Waals surface area contributed by atoms with Crippen molar-refractivity contribution in [3.63, 3.8) is 0 Å². The summed E-state index contributed by atoms with van der Waals surface area (Å²) in [6.07, 6.45) is 0.995. The summed E-state index contributed by atoms with van der Waals surface area (Å²) in [4.78, 5) is 109.